The largest absolute Gasteiger partial charge is 0.490 e. The second kappa shape index (κ2) is 6.82. The Morgan fingerprint density at radius 2 is 1.69 bits per heavy atom. The Bertz CT molecular complexity index is 762. The van der Waals surface area contributed by atoms with Gasteiger partial charge in [0.05, 0.1) is 25.0 Å². The van der Waals surface area contributed by atoms with E-state index in [1.807, 2.05) is 12.2 Å². The molecule has 0 saturated carbocycles. The molecule has 1 aromatic carbocycles. The fourth-order valence-corrected chi connectivity index (χ4v) is 3.61. The maximum atomic E-state index is 12.4. The van der Waals surface area contributed by atoms with Crippen molar-refractivity contribution in [3.63, 3.8) is 0 Å². The lowest BCUT2D eigenvalue weighted by Crippen LogP contribution is -2.38. The van der Waals surface area contributed by atoms with Crippen molar-refractivity contribution < 1.29 is 23.9 Å². The summed E-state index contributed by atoms with van der Waals surface area (Å²) in [6, 6.07) is 5.14. The van der Waals surface area contributed by atoms with Crippen LogP contribution >= 0.6 is 0 Å². The third-order valence-electron chi connectivity index (χ3n) is 4.93. The molecule has 1 fully saturated rings. The fraction of sp³-hybridized carbons (Fsp3) is 0.421. The average molecular weight is 356 g/mol. The quantitative estimate of drug-likeness (QED) is 0.659. The van der Waals surface area contributed by atoms with Crippen molar-refractivity contribution in [3.8, 4) is 11.5 Å². The molecule has 2 heterocycles. The number of benzene rings is 1. The third-order valence-corrected chi connectivity index (χ3v) is 4.93. The number of hydrogen-bond donors (Lipinski definition) is 1. The Labute approximate surface area is 150 Å². The number of nitrogens with one attached hydrogen (secondary N) is 1. The monoisotopic (exact) mass is 356 g/mol. The first kappa shape index (κ1) is 16.6. The van der Waals surface area contributed by atoms with Gasteiger partial charge in [0, 0.05) is 18.2 Å². The molecule has 3 amide bonds. The number of rotatable bonds is 3. The molecule has 1 aliphatic carbocycles. The molecule has 0 bridgehead atoms. The predicted octanol–water partition coefficient (Wildman–Crippen LogP) is 1.74. The number of imide groups is 1. The van der Waals surface area contributed by atoms with E-state index in [1.165, 1.54) is 0 Å². The van der Waals surface area contributed by atoms with Crippen LogP contribution in [-0.4, -0.2) is 42.4 Å². The summed E-state index contributed by atoms with van der Waals surface area (Å²) >= 11 is 0. The maximum Gasteiger partial charge on any atom is 0.244 e. The van der Waals surface area contributed by atoms with Gasteiger partial charge in [0.25, 0.3) is 0 Å². The van der Waals surface area contributed by atoms with Crippen LogP contribution in [0.3, 0.4) is 0 Å². The van der Waals surface area contributed by atoms with E-state index in [4.69, 9.17) is 9.47 Å². The van der Waals surface area contributed by atoms with Crippen molar-refractivity contribution in [1.29, 1.82) is 0 Å². The summed E-state index contributed by atoms with van der Waals surface area (Å²) in [6.45, 7) is 0.881. The second-order valence-corrected chi connectivity index (χ2v) is 6.68. The fourth-order valence-electron chi connectivity index (χ4n) is 3.61. The van der Waals surface area contributed by atoms with Gasteiger partial charge in [-0.15, -0.1) is 0 Å². The lowest BCUT2D eigenvalue weighted by atomic mass is 9.85. The Balaban J connectivity index is 1.42. The van der Waals surface area contributed by atoms with Crippen molar-refractivity contribution >= 4 is 23.4 Å². The first-order valence-corrected chi connectivity index (χ1v) is 8.83. The zero-order chi connectivity index (χ0) is 18.1. The first-order chi connectivity index (χ1) is 12.6. The van der Waals surface area contributed by atoms with Gasteiger partial charge in [-0.25, -0.2) is 0 Å². The maximum absolute atomic E-state index is 12.4. The van der Waals surface area contributed by atoms with Crippen LogP contribution in [0.2, 0.25) is 0 Å². The van der Waals surface area contributed by atoms with Crippen molar-refractivity contribution in [2.45, 2.75) is 19.3 Å². The van der Waals surface area contributed by atoms with E-state index in [2.05, 4.69) is 5.32 Å². The highest BCUT2D eigenvalue weighted by Crippen LogP contribution is 2.35. The number of amides is 3. The molecule has 1 aromatic rings. The van der Waals surface area contributed by atoms with E-state index in [9.17, 15) is 14.4 Å². The molecule has 4 rings (SSSR count). The Morgan fingerprint density at radius 1 is 1.04 bits per heavy atom. The predicted molar refractivity (Wildman–Crippen MR) is 92.8 cm³/mol. The van der Waals surface area contributed by atoms with Crippen LogP contribution in [0.1, 0.15) is 19.3 Å². The smallest absolute Gasteiger partial charge is 0.244 e. The number of carbonyl (C=O) groups is 3. The highest BCUT2D eigenvalue weighted by Gasteiger charge is 2.47. The lowest BCUT2D eigenvalue weighted by molar-refractivity contribution is -0.142. The molecular weight excluding hydrogens is 336 g/mol. The van der Waals surface area contributed by atoms with E-state index in [1.54, 1.807) is 18.2 Å². The molecule has 1 N–H and O–H groups in total. The Hall–Kier alpha value is -2.83. The molecule has 0 aromatic heterocycles. The van der Waals surface area contributed by atoms with Gasteiger partial charge in [-0.2, -0.15) is 0 Å². The molecule has 0 radical (unpaired) electrons. The lowest BCUT2D eigenvalue weighted by Gasteiger charge is -2.15. The molecule has 0 spiro atoms. The minimum atomic E-state index is -0.409. The summed E-state index contributed by atoms with van der Waals surface area (Å²) in [6.07, 6.45) is 5.78. The molecule has 2 aliphatic heterocycles. The number of nitrogens with zero attached hydrogens (tertiary/aromatic N) is 1. The standard InChI is InChI=1S/C19H20N2O5/c22-17(11-21-18(23)13-4-1-2-5-14(13)19(21)24)20-12-6-7-15-16(10-12)26-9-3-8-25-15/h1-2,6-7,10,13-14H,3-5,8-9,11H2,(H,20,22)/t13-,14-/m1/s1. The van der Waals surface area contributed by atoms with Crippen LogP contribution in [0, 0.1) is 11.8 Å². The highest BCUT2D eigenvalue weighted by molar-refractivity contribution is 6.08. The van der Waals surface area contributed by atoms with Crippen LogP contribution in [0.4, 0.5) is 5.69 Å². The Morgan fingerprint density at radius 3 is 2.38 bits per heavy atom. The van der Waals surface area contributed by atoms with Crippen molar-refractivity contribution in [2.75, 3.05) is 25.1 Å². The zero-order valence-electron chi connectivity index (χ0n) is 14.3. The van der Waals surface area contributed by atoms with Crippen molar-refractivity contribution in [1.82, 2.24) is 4.90 Å². The van der Waals surface area contributed by atoms with Gasteiger partial charge < -0.3 is 14.8 Å². The van der Waals surface area contributed by atoms with Crippen LogP contribution in [-0.2, 0) is 14.4 Å². The van der Waals surface area contributed by atoms with Gasteiger partial charge >= 0.3 is 0 Å². The number of fused-ring (bicyclic) bond motifs is 2. The van der Waals surface area contributed by atoms with E-state index < -0.39 is 5.91 Å². The molecule has 26 heavy (non-hydrogen) atoms. The van der Waals surface area contributed by atoms with Gasteiger partial charge in [-0.05, 0) is 25.0 Å². The molecule has 7 nitrogen and oxygen atoms in total. The van der Waals surface area contributed by atoms with Crippen LogP contribution in [0.15, 0.2) is 30.4 Å². The van der Waals surface area contributed by atoms with Gasteiger partial charge in [0.2, 0.25) is 17.7 Å². The highest BCUT2D eigenvalue weighted by atomic mass is 16.5. The summed E-state index contributed by atoms with van der Waals surface area (Å²) in [7, 11) is 0. The van der Waals surface area contributed by atoms with E-state index in [0.717, 1.165) is 11.3 Å². The second-order valence-electron chi connectivity index (χ2n) is 6.68. The summed E-state index contributed by atoms with van der Waals surface area (Å²) in [5.41, 5.74) is 0.539. The van der Waals surface area contributed by atoms with Gasteiger partial charge in [-0.3, -0.25) is 19.3 Å². The SMILES string of the molecule is O=C(CN1C(=O)[C@@H]2CC=CC[C@H]2C1=O)Nc1ccc2c(c1)OCCCO2. The third kappa shape index (κ3) is 3.05. The zero-order valence-corrected chi connectivity index (χ0v) is 14.3. The van der Waals surface area contributed by atoms with E-state index >= 15 is 0 Å². The summed E-state index contributed by atoms with van der Waals surface area (Å²) < 4.78 is 11.2. The number of hydrogen-bond acceptors (Lipinski definition) is 5. The van der Waals surface area contributed by atoms with Crippen molar-refractivity contribution in [3.05, 3.63) is 30.4 Å². The average Bonchev–Trinajstić information content (AvgIpc) is 2.82. The van der Waals surface area contributed by atoms with Crippen LogP contribution in [0.5, 0.6) is 11.5 Å². The first-order valence-electron chi connectivity index (χ1n) is 8.83. The number of allylic oxidation sites excluding steroid dienone is 2. The minimum absolute atomic E-state index is 0.252. The molecule has 2 atom stereocenters. The number of anilines is 1. The van der Waals surface area contributed by atoms with E-state index in [-0.39, 0.29) is 30.2 Å². The summed E-state index contributed by atoms with van der Waals surface area (Å²) in [5, 5.41) is 2.73. The minimum Gasteiger partial charge on any atom is -0.490 e. The van der Waals surface area contributed by atoms with Gasteiger partial charge in [-0.1, -0.05) is 12.2 Å². The number of likely N-dealkylation sites (tertiary alicyclic amines) is 1. The van der Waals surface area contributed by atoms with Gasteiger partial charge in [0.1, 0.15) is 6.54 Å². The number of carbonyl (C=O) groups excluding carboxylic acids is 3. The van der Waals surface area contributed by atoms with Crippen LogP contribution in [0.25, 0.3) is 0 Å². The molecule has 3 aliphatic rings. The Kier molecular flexibility index (Phi) is 4.36. The molecule has 1 saturated heterocycles. The summed E-state index contributed by atoms with van der Waals surface area (Å²) in [5.74, 6) is -0.339. The van der Waals surface area contributed by atoms with Crippen molar-refractivity contribution in [2.24, 2.45) is 11.8 Å². The number of ether oxygens (including phenoxy) is 2. The summed E-state index contributed by atoms with van der Waals surface area (Å²) in [4.78, 5) is 38.3. The molecular formula is C19H20N2O5. The topological polar surface area (TPSA) is 84.9 Å². The molecule has 0 unspecified atom stereocenters. The van der Waals surface area contributed by atoms with Crippen LogP contribution < -0.4 is 14.8 Å². The normalized spacial score (nSPS) is 24.2. The van der Waals surface area contributed by atoms with Gasteiger partial charge in [0.15, 0.2) is 11.5 Å². The van der Waals surface area contributed by atoms with E-state index in [0.29, 0.717) is 43.2 Å². The molecule has 136 valence electrons. The molecule has 7 heteroatoms.